The van der Waals surface area contributed by atoms with Crippen LogP contribution in [-0.2, 0) is 27.2 Å². The molecule has 0 spiro atoms. The zero-order chi connectivity index (χ0) is 20.1. The molecule has 2 aromatic heterocycles. The highest BCUT2D eigenvalue weighted by Crippen LogP contribution is 2.25. The van der Waals surface area contributed by atoms with Crippen molar-refractivity contribution in [1.82, 2.24) is 10.1 Å². The van der Waals surface area contributed by atoms with Crippen molar-refractivity contribution in [2.75, 3.05) is 11.9 Å². The van der Waals surface area contributed by atoms with E-state index in [0.717, 1.165) is 17.7 Å². The molecule has 2 heterocycles. The van der Waals surface area contributed by atoms with Gasteiger partial charge in [0.05, 0.1) is 17.8 Å². The number of anilines is 1. The molecule has 3 rings (SSSR count). The van der Waals surface area contributed by atoms with Crippen LogP contribution in [0.2, 0.25) is 0 Å². The zero-order valence-electron chi connectivity index (χ0n) is 15.9. The molecule has 0 atom stereocenters. The van der Waals surface area contributed by atoms with Gasteiger partial charge in [0.15, 0.2) is 11.7 Å². The maximum atomic E-state index is 12.0. The molecule has 0 unspecified atom stereocenters. The van der Waals surface area contributed by atoms with E-state index in [9.17, 15) is 9.59 Å². The highest BCUT2D eigenvalue weighted by molar-refractivity contribution is 7.14. The van der Waals surface area contributed by atoms with Crippen molar-refractivity contribution in [1.29, 1.82) is 0 Å². The van der Waals surface area contributed by atoms with Crippen molar-refractivity contribution in [3.63, 3.8) is 0 Å². The molecular weight excluding hydrogens is 378 g/mol. The van der Waals surface area contributed by atoms with Crippen LogP contribution in [0.5, 0.6) is 0 Å². The van der Waals surface area contributed by atoms with E-state index >= 15 is 0 Å². The second-order valence-electron chi connectivity index (χ2n) is 6.28. The third-order valence-electron chi connectivity index (χ3n) is 4.28. The molecule has 0 saturated carbocycles. The summed E-state index contributed by atoms with van der Waals surface area (Å²) in [5, 5.41) is 8.77. The fourth-order valence-corrected chi connectivity index (χ4v) is 3.36. The predicted molar refractivity (Wildman–Crippen MR) is 106 cm³/mol. The molecule has 0 aliphatic rings. The van der Waals surface area contributed by atoms with Crippen LogP contribution in [-0.4, -0.2) is 28.6 Å². The standard InChI is InChI=1S/C20H21N3O4S/c1-4-14-5-7-15(8-6-14)17-11-28-20(21-17)22-18(24)10-26-19(25)9-16-12(2)23-27-13(16)3/h5-8,11H,4,9-10H2,1-3H3,(H,21,22,24). The minimum atomic E-state index is -0.514. The Morgan fingerprint density at radius 2 is 1.96 bits per heavy atom. The normalized spacial score (nSPS) is 10.7. The lowest BCUT2D eigenvalue weighted by Crippen LogP contribution is -2.21. The maximum absolute atomic E-state index is 12.0. The van der Waals surface area contributed by atoms with Crippen molar-refractivity contribution in [2.24, 2.45) is 0 Å². The van der Waals surface area contributed by atoms with Crippen LogP contribution in [0.25, 0.3) is 11.3 Å². The number of carbonyl (C=O) groups is 2. The Morgan fingerprint density at radius 3 is 2.61 bits per heavy atom. The quantitative estimate of drug-likeness (QED) is 0.609. The number of ether oxygens (including phenoxy) is 1. The highest BCUT2D eigenvalue weighted by Gasteiger charge is 2.16. The Kier molecular flexibility index (Phi) is 6.20. The number of hydrogen-bond donors (Lipinski definition) is 1. The third-order valence-corrected chi connectivity index (χ3v) is 5.03. The summed E-state index contributed by atoms with van der Waals surface area (Å²) in [4.78, 5) is 28.4. The fraction of sp³-hybridized carbons (Fsp3) is 0.300. The van der Waals surface area contributed by atoms with Gasteiger partial charge in [-0.3, -0.25) is 14.9 Å². The van der Waals surface area contributed by atoms with E-state index in [1.165, 1.54) is 16.9 Å². The first-order valence-corrected chi connectivity index (χ1v) is 9.76. The van der Waals surface area contributed by atoms with Crippen molar-refractivity contribution in [2.45, 2.75) is 33.6 Å². The topological polar surface area (TPSA) is 94.3 Å². The molecule has 3 aromatic rings. The first-order valence-electron chi connectivity index (χ1n) is 8.88. The van der Waals surface area contributed by atoms with Crippen LogP contribution in [0.4, 0.5) is 5.13 Å². The molecule has 1 aromatic carbocycles. The Labute approximate surface area is 166 Å². The average Bonchev–Trinajstić information content (AvgIpc) is 3.28. The summed E-state index contributed by atoms with van der Waals surface area (Å²) in [6.45, 7) is 5.21. The van der Waals surface area contributed by atoms with Gasteiger partial charge >= 0.3 is 5.97 Å². The molecule has 146 valence electrons. The summed E-state index contributed by atoms with van der Waals surface area (Å²) in [5.41, 5.74) is 4.36. The molecule has 0 bridgehead atoms. The van der Waals surface area contributed by atoms with Crippen molar-refractivity contribution in [3.05, 3.63) is 52.2 Å². The number of nitrogens with one attached hydrogen (secondary N) is 1. The predicted octanol–water partition coefficient (Wildman–Crippen LogP) is 3.70. The number of aromatic nitrogens is 2. The van der Waals surface area contributed by atoms with Gasteiger partial charge in [0, 0.05) is 16.5 Å². The Bertz CT molecular complexity index is 956. The molecule has 7 nitrogen and oxygen atoms in total. The summed E-state index contributed by atoms with van der Waals surface area (Å²) < 4.78 is 10.0. The van der Waals surface area contributed by atoms with Gasteiger partial charge in [-0.15, -0.1) is 11.3 Å². The second kappa shape index (κ2) is 8.79. The molecule has 0 saturated heterocycles. The van der Waals surface area contributed by atoms with Crippen molar-refractivity contribution >= 4 is 28.3 Å². The number of rotatable bonds is 7. The van der Waals surface area contributed by atoms with Crippen LogP contribution >= 0.6 is 11.3 Å². The summed E-state index contributed by atoms with van der Waals surface area (Å²) in [5.74, 6) is -0.379. The Morgan fingerprint density at radius 1 is 1.21 bits per heavy atom. The van der Waals surface area contributed by atoms with E-state index in [0.29, 0.717) is 22.1 Å². The lowest BCUT2D eigenvalue weighted by atomic mass is 10.1. The van der Waals surface area contributed by atoms with Gasteiger partial charge in [0.25, 0.3) is 5.91 Å². The smallest absolute Gasteiger partial charge is 0.310 e. The molecule has 0 radical (unpaired) electrons. The third kappa shape index (κ3) is 4.83. The molecular formula is C20H21N3O4S. The Hall–Kier alpha value is -3.00. The second-order valence-corrected chi connectivity index (χ2v) is 7.13. The van der Waals surface area contributed by atoms with Gasteiger partial charge in [-0.05, 0) is 25.8 Å². The number of aryl methyl sites for hydroxylation is 3. The van der Waals surface area contributed by atoms with Crippen molar-refractivity contribution in [3.8, 4) is 11.3 Å². The zero-order valence-corrected chi connectivity index (χ0v) is 16.8. The monoisotopic (exact) mass is 399 g/mol. The molecule has 0 aliphatic carbocycles. The molecule has 1 N–H and O–H groups in total. The number of thiazole rings is 1. The average molecular weight is 399 g/mol. The fourth-order valence-electron chi connectivity index (χ4n) is 2.63. The van der Waals surface area contributed by atoms with E-state index in [-0.39, 0.29) is 13.0 Å². The van der Waals surface area contributed by atoms with Crippen LogP contribution in [0, 0.1) is 13.8 Å². The molecule has 1 amide bonds. The summed E-state index contributed by atoms with van der Waals surface area (Å²) in [6.07, 6.45) is 0.997. The van der Waals surface area contributed by atoms with Gasteiger partial charge in [-0.2, -0.15) is 0 Å². The van der Waals surface area contributed by atoms with Crippen LogP contribution < -0.4 is 5.32 Å². The molecule has 8 heteroatoms. The lowest BCUT2D eigenvalue weighted by Gasteiger charge is -2.04. The molecule has 0 aliphatic heterocycles. The summed E-state index contributed by atoms with van der Waals surface area (Å²) >= 11 is 1.32. The van der Waals surface area contributed by atoms with E-state index in [1.807, 2.05) is 17.5 Å². The van der Waals surface area contributed by atoms with Gasteiger partial charge in [0.2, 0.25) is 0 Å². The van der Waals surface area contributed by atoms with Crippen LogP contribution in [0.1, 0.15) is 29.5 Å². The SMILES string of the molecule is CCc1ccc(-c2csc(NC(=O)COC(=O)Cc3c(C)noc3C)n2)cc1. The number of benzene rings is 1. The number of carbonyl (C=O) groups excluding carboxylic acids is 2. The highest BCUT2D eigenvalue weighted by atomic mass is 32.1. The van der Waals surface area contributed by atoms with E-state index in [4.69, 9.17) is 9.26 Å². The maximum Gasteiger partial charge on any atom is 0.310 e. The largest absolute Gasteiger partial charge is 0.455 e. The van der Waals surface area contributed by atoms with E-state index in [1.54, 1.807) is 13.8 Å². The van der Waals surface area contributed by atoms with Crippen LogP contribution in [0.3, 0.4) is 0 Å². The van der Waals surface area contributed by atoms with Crippen molar-refractivity contribution < 1.29 is 18.8 Å². The first kappa shape index (κ1) is 19.8. The van der Waals surface area contributed by atoms with E-state index < -0.39 is 11.9 Å². The van der Waals surface area contributed by atoms with Crippen LogP contribution in [0.15, 0.2) is 34.2 Å². The first-order chi connectivity index (χ1) is 13.5. The summed E-state index contributed by atoms with van der Waals surface area (Å²) in [6, 6.07) is 8.14. The minimum Gasteiger partial charge on any atom is -0.455 e. The van der Waals surface area contributed by atoms with Gasteiger partial charge in [0.1, 0.15) is 5.76 Å². The number of esters is 1. The lowest BCUT2D eigenvalue weighted by molar-refractivity contribution is -0.146. The number of hydrogen-bond acceptors (Lipinski definition) is 7. The minimum absolute atomic E-state index is 0.0175. The molecule has 0 fully saturated rings. The van der Waals surface area contributed by atoms with Gasteiger partial charge in [-0.1, -0.05) is 36.3 Å². The van der Waals surface area contributed by atoms with Gasteiger partial charge < -0.3 is 9.26 Å². The summed E-state index contributed by atoms with van der Waals surface area (Å²) in [7, 11) is 0. The van der Waals surface area contributed by atoms with E-state index in [2.05, 4.69) is 34.5 Å². The number of amides is 1. The molecule has 28 heavy (non-hydrogen) atoms. The van der Waals surface area contributed by atoms with Gasteiger partial charge in [-0.25, -0.2) is 4.98 Å². The number of nitrogens with zero attached hydrogens (tertiary/aromatic N) is 2. The Balaban J connectivity index is 1.51.